The fraction of sp³-hybridized carbons (Fsp3) is 0. The van der Waals surface area contributed by atoms with Gasteiger partial charge in [0.25, 0.3) is 0 Å². The number of hydrogen-bond acceptors (Lipinski definition) is 4. The van der Waals surface area contributed by atoms with Crippen LogP contribution in [0.15, 0.2) is 53.5 Å². The summed E-state index contributed by atoms with van der Waals surface area (Å²) >= 11 is 0. The number of nitrogens with two attached hydrogens (primary N) is 3. The van der Waals surface area contributed by atoms with Gasteiger partial charge >= 0.3 is 5.97 Å². The predicted molar refractivity (Wildman–Crippen MR) is 81.8 cm³/mol. The van der Waals surface area contributed by atoms with Crippen molar-refractivity contribution >= 4 is 23.5 Å². The minimum atomic E-state index is -0.548. The minimum absolute atomic E-state index is 0.0649. The third-order valence-corrected chi connectivity index (χ3v) is 2.71. The Balaban J connectivity index is 2.08. The normalized spacial score (nSPS) is 9.82. The molecule has 0 radical (unpaired) electrons. The molecule has 0 spiro atoms. The van der Waals surface area contributed by atoms with Crippen LogP contribution in [0.25, 0.3) is 0 Å². The van der Waals surface area contributed by atoms with E-state index < -0.39 is 11.9 Å². The van der Waals surface area contributed by atoms with E-state index in [1.165, 1.54) is 24.3 Å². The van der Waals surface area contributed by atoms with Crippen LogP contribution in [-0.2, 0) is 0 Å². The van der Waals surface area contributed by atoms with Crippen LogP contribution >= 0.6 is 0 Å². The largest absolute Gasteiger partial charge is 0.423 e. The van der Waals surface area contributed by atoms with Crippen LogP contribution in [0.3, 0.4) is 0 Å². The van der Waals surface area contributed by atoms with E-state index in [2.05, 4.69) is 4.99 Å². The molecule has 0 fully saturated rings. The van der Waals surface area contributed by atoms with Crippen molar-refractivity contribution in [2.75, 3.05) is 0 Å². The SMILES string of the molecule is NC(=O)c1ccc(OC(=O)c2ccc(N=C(N)N)cc2)cc1. The van der Waals surface area contributed by atoms with E-state index >= 15 is 0 Å². The summed E-state index contributed by atoms with van der Waals surface area (Å²) in [5, 5.41) is 0. The van der Waals surface area contributed by atoms with Gasteiger partial charge in [-0.15, -0.1) is 0 Å². The van der Waals surface area contributed by atoms with Crippen LogP contribution < -0.4 is 21.9 Å². The van der Waals surface area contributed by atoms with Crippen LogP contribution in [-0.4, -0.2) is 17.8 Å². The maximum absolute atomic E-state index is 12.0. The maximum Gasteiger partial charge on any atom is 0.343 e. The van der Waals surface area contributed by atoms with Crippen LogP contribution in [0, 0.1) is 0 Å². The Morgan fingerprint density at radius 3 is 1.86 bits per heavy atom. The van der Waals surface area contributed by atoms with Crippen molar-refractivity contribution < 1.29 is 14.3 Å². The molecule has 0 aliphatic heterocycles. The van der Waals surface area contributed by atoms with Crippen LogP contribution in [0.4, 0.5) is 5.69 Å². The summed E-state index contributed by atoms with van der Waals surface area (Å²) in [5.74, 6) is -0.843. The topological polar surface area (TPSA) is 134 Å². The molecular formula is C15H14N4O3. The number of nitrogens with zero attached hydrogens (tertiary/aromatic N) is 1. The van der Waals surface area contributed by atoms with Gasteiger partial charge in [-0.2, -0.15) is 0 Å². The summed E-state index contributed by atoms with van der Waals surface area (Å²) in [6.07, 6.45) is 0. The molecule has 0 aliphatic rings. The zero-order chi connectivity index (χ0) is 16.1. The van der Waals surface area contributed by atoms with Gasteiger partial charge in [-0.25, -0.2) is 9.79 Å². The smallest absolute Gasteiger partial charge is 0.343 e. The van der Waals surface area contributed by atoms with Gasteiger partial charge in [-0.1, -0.05) is 0 Å². The monoisotopic (exact) mass is 298 g/mol. The third kappa shape index (κ3) is 3.83. The van der Waals surface area contributed by atoms with Crippen molar-refractivity contribution in [3.8, 4) is 5.75 Å². The summed E-state index contributed by atoms with van der Waals surface area (Å²) in [4.78, 5) is 26.8. The molecule has 2 aromatic rings. The average Bonchev–Trinajstić information content (AvgIpc) is 2.48. The number of hydrogen-bond donors (Lipinski definition) is 3. The quantitative estimate of drug-likeness (QED) is 0.334. The number of benzene rings is 2. The molecule has 1 amide bonds. The first-order chi connectivity index (χ1) is 10.5. The van der Waals surface area contributed by atoms with Gasteiger partial charge in [0.1, 0.15) is 5.75 Å². The molecule has 0 atom stereocenters. The highest BCUT2D eigenvalue weighted by atomic mass is 16.5. The molecule has 7 nitrogen and oxygen atoms in total. The molecule has 7 heteroatoms. The highest BCUT2D eigenvalue weighted by molar-refractivity contribution is 5.93. The molecule has 22 heavy (non-hydrogen) atoms. The van der Waals surface area contributed by atoms with Crippen LogP contribution in [0.2, 0.25) is 0 Å². The van der Waals surface area contributed by atoms with Gasteiger partial charge in [0.05, 0.1) is 11.3 Å². The van der Waals surface area contributed by atoms with Crippen molar-refractivity contribution in [2.24, 2.45) is 22.2 Å². The average molecular weight is 298 g/mol. The van der Waals surface area contributed by atoms with Crippen LogP contribution in [0.5, 0.6) is 5.75 Å². The van der Waals surface area contributed by atoms with Crippen molar-refractivity contribution in [2.45, 2.75) is 0 Å². The molecule has 0 heterocycles. The van der Waals surface area contributed by atoms with E-state index in [0.29, 0.717) is 22.6 Å². The lowest BCUT2D eigenvalue weighted by molar-refractivity contribution is 0.0734. The molecule has 0 aromatic heterocycles. The Kier molecular flexibility index (Phi) is 4.38. The van der Waals surface area contributed by atoms with Crippen LogP contribution in [0.1, 0.15) is 20.7 Å². The summed E-state index contributed by atoms with van der Waals surface area (Å²) < 4.78 is 5.18. The second-order valence-corrected chi connectivity index (χ2v) is 4.36. The fourth-order valence-corrected chi connectivity index (χ4v) is 1.67. The van der Waals surface area contributed by atoms with E-state index in [4.69, 9.17) is 21.9 Å². The first-order valence-corrected chi connectivity index (χ1v) is 6.27. The maximum atomic E-state index is 12.0. The standard InChI is InChI=1S/C15H14N4O3/c16-13(20)9-3-7-12(8-4-9)22-14(21)10-1-5-11(6-2-10)19-15(17)18/h1-8H,(H2,16,20)(H4,17,18,19). The summed E-state index contributed by atoms with van der Waals surface area (Å²) in [6, 6.07) is 12.2. The minimum Gasteiger partial charge on any atom is -0.423 e. The molecule has 0 saturated carbocycles. The Labute approximate surface area is 126 Å². The van der Waals surface area contributed by atoms with Gasteiger partial charge in [0, 0.05) is 5.56 Å². The van der Waals surface area contributed by atoms with E-state index in [0.717, 1.165) is 0 Å². The second kappa shape index (κ2) is 6.40. The molecule has 112 valence electrons. The first kappa shape index (κ1) is 15.0. The Morgan fingerprint density at radius 2 is 1.36 bits per heavy atom. The molecular weight excluding hydrogens is 284 g/mol. The zero-order valence-corrected chi connectivity index (χ0v) is 11.5. The molecule has 0 unspecified atom stereocenters. The van der Waals surface area contributed by atoms with Crippen molar-refractivity contribution in [3.63, 3.8) is 0 Å². The highest BCUT2D eigenvalue weighted by Gasteiger charge is 2.09. The van der Waals surface area contributed by atoms with E-state index in [1.54, 1.807) is 24.3 Å². The molecule has 6 N–H and O–H groups in total. The number of guanidine groups is 1. The number of amides is 1. The molecule has 2 rings (SSSR count). The molecule has 2 aromatic carbocycles. The lowest BCUT2D eigenvalue weighted by Crippen LogP contribution is -2.21. The van der Waals surface area contributed by atoms with E-state index in [9.17, 15) is 9.59 Å². The summed E-state index contributed by atoms with van der Waals surface area (Å²) in [7, 11) is 0. The highest BCUT2D eigenvalue weighted by Crippen LogP contribution is 2.16. The number of ether oxygens (including phenoxy) is 1. The number of carbonyl (C=O) groups excluding carboxylic acids is 2. The molecule has 0 aliphatic carbocycles. The Morgan fingerprint density at radius 1 is 0.818 bits per heavy atom. The summed E-state index contributed by atoms with van der Waals surface area (Å²) in [5.41, 5.74) is 16.9. The van der Waals surface area contributed by atoms with Gasteiger partial charge in [-0.05, 0) is 48.5 Å². The van der Waals surface area contributed by atoms with Crippen molar-refractivity contribution in [1.82, 2.24) is 0 Å². The number of carbonyl (C=O) groups is 2. The van der Waals surface area contributed by atoms with Gasteiger partial charge in [0.2, 0.25) is 5.91 Å². The number of aliphatic imine (C=N–C) groups is 1. The fourth-order valence-electron chi connectivity index (χ4n) is 1.67. The first-order valence-electron chi connectivity index (χ1n) is 6.27. The zero-order valence-electron chi connectivity index (χ0n) is 11.5. The predicted octanol–water partition coefficient (Wildman–Crippen LogP) is 0.910. The number of rotatable bonds is 4. The Bertz CT molecular complexity index is 717. The lowest BCUT2D eigenvalue weighted by Gasteiger charge is -2.05. The van der Waals surface area contributed by atoms with Gasteiger partial charge in [-0.3, -0.25) is 4.79 Å². The second-order valence-electron chi connectivity index (χ2n) is 4.36. The number of esters is 1. The van der Waals surface area contributed by atoms with Gasteiger partial charge in [0.15, 0.2) is 5.96 Å². The molecule has 0 saturated heterocycles. The third-order valence-electron chi connectivity index (χ3n) is 2.71. The van der Waals surface area contributed by atoms with Crippen molar-refractivity contribution in [1.29, 1.82) is 0 Å². The van der Waals surface area contributed by atoms with E-state index in [-0.39, 0.29) is 5.96 Å². The van der Waals surface area contributed by atoms with Gasteiger partial charge < -0.3 is 21.9 Å². The Hall–Kier alpha value is -3.35. The summed E-state index contributed by atoms with van der Waals surface area (Å²) in [6.45, 7) is 0. The van der Waals surface area contributed by atoms with Crippen molar-refractivity contribution in [3.05, 3.63) is 59.7 Å². The lowest BCUT2D eigenvalue weighted by atomic mass is 10.2. The van der Waals surface area contributed by atoms with E-state index in [1.807, 2.05) is 0 Å². The number of primary amides is 1. The molecule has 0 bridgehead atoms.